The highest BCUT2D eigenvalue weighted by Crippen LogP contribution is 2.47. The molecule has 3 atom stereocenters. The van der Waals surface area contributed by atoms with E-state index in [0.29, 0.717) is 12.4 Å². The van der Waals surface area contributed by atoms with Crippen molar-refractivity contribution in [3.8, 4) is 23.0 Å². The number of benzene rings is 3. The summed E-state index contributed by atoms with van der Waals surface area (Å²) in [5, 5.41) is 19.9. The molecule has 6 heteroatoms. The number of rotatable bonds is 7. The number of alkyl halides is 1. The van der Waals surface area contributed by atoms with Crippen molar-refractivity contribution in [1.82, 2.24) is 4.90 Å². The summed E-state index contributed by atoms with van der Waals surface area (Å²) in [6.07, 6.45) is 0.553. The van der Waals surface area contributed by atoms with Crippen molar-refractivity contribution in [2.24, 2.45) is 5.92 Å². The van der Waals surface area contributed by atoms with E-state index in [9.17, 15) is 14.6 Å². The largest absolute Gasteiger partial charge is 0.508 e. The van der Waals surface area contributed by atoms with Crippen molar-refractivity contribution < 1.29 is 24.1 Å². The van der Waals surface area contributed by atoms with Crippen LogP contribution in [0.15, 0.2) is 66.7 Å². The van der Waals surface area contributed by atoms with Crippen molar-refractivity contribution >= 4 is 11.1 Å². The topological polar surface area (TPSA) is 62.2 Å². The first kappa shape index (κ1) is 24.2. The Morgan fingerprint density at radius 1 is 1.03 bits per heavy atom. The van der Waals surface area contributed by atoms with Crippen LogP contribution in [0.2, 0.25) is 0 Å². The lowest BCUT2D eigenvalue weighted by atomic mass is 9.86. The molecule has 2 heterocycles. The summed E-state index contributed by atoms with van der Waals surface area (Å²) >= 11 is 0. The molecule has 0 amide bonds. The Kier molecular flexibility index (Phi) is 6.88. The summed E-state index contributed by atoms with van der Waals surface area (Å²) in [5.74, 6) is 2.03. The second kappa shape index (κ2) is 10.2. The van der Waals surface area contributed by atoms with Gasteiger partial charge in [-0.2, -0.15) is 0 Å². The maximum Gasteiger partial charge on any atom is 0.150 e. The van der Waals surface area contributed by atoms with Crippen molar-refractivity contribution in [3.05, 3.63) is 83.4 Å². The van der Waals surface area contributed by atoms with E-state index in [1.54, 1.807) is 30.3 Å². The number of halogens is 1. The van der Waals surface area contributed by atoms with Crippen molar-refractivity contribution in [3.63, 3.8) is 0 Å². The molecule has 1 saturated heterocycles. The van der Waals surface area contributed by atoms with Gasteiger partial charge in [0.1, 0.15) is 35.7 Å². The summed E-state index contributed by atoms with van der Waals surface area (Å²) in [4.78, 5) is 2.29. The number of fused-ring (bicyclic) bond motifs is 1. The zero-order valence-corrected chi connectivity index (χ0v) is 20.7. The van der Waals surface area contributed by atoms with Crippen LogP contribution in [-0.4, -0.2) is 47.5 Å². The number of hydrogen-bond donors (Lipinski definition) is 2. The molecular formula is C30H32FNO4. The molecule has 2 aliphatic rings. The van der Waals surface area contributed by atoms with E-state index in [1.807, 2.05) is 43.3 Å². The van der Waals surface area contributed by atoms with Gasteiger partial charge in [0.15, 0.2) is 0 Å². The summed E-state index contributed by atoms with van der Waals surface area (Å²) < 4.78 is 25.5. The minimum absolute atomic E-state index is 0.149. The molecular weight excluding hydrogens is 457 g/mol. The maximum atomic E-state index is 13.0. The average molecular weight is 490 g/mol. The molecule has 2 N–H and O–H groups in total. The Hall–Kier alpha value is -3.51. The third kappa shape index (κ3) is 4.91. The van der Waals surface area contributed by atoms with Gasteiger partial charge in [0.2, 0.25) is 0 Å². The highest BCUT2D eigenvalue weighted by Gasteiger charge is 2.30. The van der Waals surface area contributed by atoms with Crippen LogP contribution in [0, 0.1) is 5.92 Å². The first-order valence-electron chi connectivity index (χ1n) is 12.5. The SMILES string of the molecule is CC1=C(c2ccc(O)cc2)C(c2ccc(OCC(C)N3CCC(CF)C3)cc2)Oc2ccc(O)cc21. The normalized spacial score (nSPS) is 20.6. The molecule has 3 aromatic rings. The predicted octanol–water partition coefficient (Wildman–Crippen LogP) is 6.22. The maximum absolute atomic E-state index is 13.0. The number of aromatic hydroxyl groups is 2. The molecule has 5 nitrogen and oxygen atoms in total. The fraction of sp³-hybridized carbons (Fsp3) is 0.333. The summed E-state index contributed by atoms with van der Waals surface area (Å²) in [6.45, 7) is 6.16. The standard InChI is InChI=1S/C30H32FNO4/c1-19(32-14-13-21(16-31)17-32)18-35-26-10-5-23(6-11-26)30-29(22-3-7-24(33)8-4-22)20(2)27-15-25(34)9-12-28(27)36-30/h3-12,15,19,21,30,33-34H,13-14,16-18H2,1-2H3. The van der Waals surface area contributed by atoms with E-state index in [2.05, 4.69) is 11.8 Å². The van der Waals surface area contributed by atoms with Gasteiger partial charge in [-0.05, 0) is 86.0 Å². The van der Waals surface area contributed by atoms with E-state index in [0.717, 1.165) is 53.1 Å². The smallest absolute Gasteiger partial charge is 0.150 e. The zero-order chi connectivity index (χ0) is 25.2. The molecule has 3 unspecified atom stereocenters. The number of allylic oxidation sites excluding steroid dienone is 1. The van der Waals surface area contributed by atoms with Gasteiger partial charge in [-0.1, -0.05) is 24.3 Å². The van der Waals surface area contributed by atoms with Gasteiger partial charge < -0.3 is 19.7 Å². The Morgan fingerprint density at radius 2 is 1.75 bits per heavy atom. The molecule has 188 valence electrons. The molecule has 3 aromatic carbocycles. The number of phenols is 2. The number of likely N-dealkylation sites (tertiary alicyclic amines) is 1. The lowest BCUT2D eigenvalue weighted by molar-refractivity contribution is 0.165. The van der Waals surface area contributed by atoms with E-state index >= 15 is 0 Å². The van der Waals surface area contributed by atoms with Crippen LogP contribution in [0.4, 0.5) is 4.39 Å². The fourth-order valence-corrected chi connectivity index (χ4v) is 5.13. The number of nitrogens with zero attached hydrogens (tertiary/aromatic N) is 1. The van der Waals surface area contributed by atoms with Gasteiger partial charge in [0.05, 0.1) is 6.67 Å². The average Bonchev–Trinajstić information content (AvgIpc) is 3.38. The number of ether oxygens (including phenoxy) is 2. The van der Waals surface area contributed by atoms with Crippen LogP contribution in [0.25, 0.3) is 11.1 Å². The highest BCUT2D eigenvalue weighted by molar-refractivity contribution is 5.95. The zero-order valence-electron chi connectivity index (χ0n) is 20.7. The van der Waals surface area contributed by atoms with Crippen LogP contribution >= 0.6 is 0 Å². The van der Waals surface area contributed by atoms with E-state index < -0.39 is 0 Å². The minimum atomic E-state index is -0.359. The third-order valence-electron chi connectivity index (χ3n) is 7.29. The predicted molar refractivity (Wildman–Crippen MR) is 139 cm³/mol. The van der Waals surface area contributed by atoms with Crippen LogP contribution in [-0.2, 0) is 0 Å². The second-order valence-electron chi connectivity index (χ2n) is 9.80. The lowest BCUT2D eigenvalue weighted by Crippen LogP contribution is -2.35. The van der Waals surface area contributed by atoms with Gasteiger partial charge in [-0.3, -0.25) is 9.29 Å². The summed E-state index contributed by atoms with van der Waals surface area (Å²) in [7, 11) is 0. The summed E-state index contributed by atoms with van der Waals surface area (Å²) in [6, 6.07) is 20.4. The van der Waals surface area contributed by atoms with Crippen LogP contribution < -0.4 is 9.47 Å². The first-order chi connectivity index (χ1) is 17.4. The van der Waals surface area contributed by atoms with E-state index in [4.69, 9.17) is 9.47 Å². The van der Waals surface area contributed by atoms with E-state index in [-0.39, 0.29) is 36.2 Å². The molecule has 0 radical (unpaired) electrons. The Labute approximate surface area is 211 Å². The lowest BCUT2D eigenvalue weighted by Gasteiger charge is -2.31. The molecule has 0 saturated carbocycles. The monoisotopic (exact) mass is 489 g/mol. The highest BCUT2D eigenvalue weighted by atomic mass is 19.1. The van der Waals surface area contributed by atoms with E-state index in [1.165, 1.54) is 0 Å². The molecule has 0 bridgehead atoms. The molecule has 2 aliphatic heterocycles. The van der Waals surface area contributed by atoms with Gasteiger partial charge in [-0.15, -0.1) is 0 Å². The van der Waals surface area contributed by atoms with Crippen molar-refractivity contribution in [1.29, 1.82) is 0 Å². The number of phenolic OH excluding ortho intramolecular Hbond substituents is 2. The molecule has 0 spiro atoms. The fourth-order valence-electron chi connectivity index (χ4n) is 5.13. The second-order valence-corrected chi connectivity index (χ2v) is 9.80. The first-order valence-corrected chi connectivity index (χ1v) is 12.5. The molecule has 0 aromatic heterocycles. The molecule has 0 aliphatic carbocycles. The van der Waals surface area contributed by atoms with Gasteiger partial charge in [0, 0.05) is 29.6 Å². The van der Waals surface area contributed by atoms with Crippen molar-refractivity contribution in [2.75, 3.05) is 26.4 Å². The minimum Gasteiger partial charge on any atom is -0.508 e. The van der Waals surface area contributed by atoms with Crippen LogP contribution in [0.1, 0.15) is 43.1 Å². The third-order valence-corrected chi connectivity index (χ3v) is 7.29. The Bertz CT molecular complexity index is 1240. The van der Waals surface area contributed by atoms with Crippen LogP contribution in [0.5, 0.6) is 23.0 Å². The van der Waals surface area contributed by atoms with Gasteiger partial charge >= 0.3 is 0 Å². The molecule has 1 fully saturated rings. The summed E-state index contributed by atoms with van der Waals surface area (Å²) in [5.41, 5.74) is 4.75. The van der Waals surface area contributed by atoms with Gasteiger partial charge in [-0.25, -0.2) is 0 Å². The molecule has 36 heavy (non-hydrogen) atoms. The van der Waals surface area contributed by atoms with Gasteiger partial charge in [0.25, 0.3) is 0 Å². The molecule has 5 rings (SSSR count). The van der Waals surface area contributed by atoms with Crippen molar-refractivity contribution in [2.45, 2.75) is 32.4 Å². The quantitative estimate of drug-likeness (QED) is 0.413. The van der Waals surface area contributed by atoms with Crippen LogP contribution in [0.3, 0.4) is 0 Å². The Balaban J connectivity index is 1.37. The number of hydrogen-bond acceptors (Lipinski definition) is 5. The Morgan fingerprint density at radius 3 is 2.44 bits per heavy atom.